The van der Waals surface area contributed by atoms with Gasteiger partial charge in [0.2, 0.25) is 0 Å². The van der Waals surface area contributed by atoms with Gasteiger partial charge in [-0.1, -0.05) is 36.4 Å². The average molecular weight is 274 g/mol. The highest BCUT2D eigenvalue weighted by Crippen LogP contribution is 2.12. The van der Waals surface area contributed by atoms with Crippen LogP contribution >= 0.6 is 0 Å². The lowest BCUT2D eigenvalue weighted by molar-refractivity contribution is -0.149. The second-order valence-electron chi connectivity index (χ2n) is 6.12. The fraction of sp³-hybridized carbons (Fsp3) is 0.500. The number of hydrogen-bond acceptors (Lipinski definition) is 2. The fourth-order valence-electron chi connectivity index (χ4n) is 1.88. The molecule has 0 spiro atoms. The maximum absolute atomic E-state index is 11.8. The van der Waals surface area contributed by atoms with Crippen LogP contribution in [-0.4, -0.2) is 11.6 Å². The Balaban J connectivity index is 2.25. The molecule has 20 heavy (non-hydrogen) atoms. The normalized spacial score (nSPS) is 12.3. The summed E-state index contributed by atoms with van der Waals surface area (Å²) >= 11 is 0. The van der Waals surface area contributed by atoms with E-state index in [1.54, 1.807) is 0 Å². The summed E-state index contributed by atoms with van der Waals surface area (Å²) in [5.74, 6) is -0.208. The summed E-state index contributed by atoms with van der Waals surface area (Å²) in [6, 6.07) is 10.5. The number of ether oxygens (including phenoxy) is 1. The number of unbranched alkanes of at least 4 members (excludes halogenated alkanes) is 2. The second kappa shape index (κ2) is 7.88. The Morgan fingerprint density at radius 2 is 1.80 bits per heavy atom. The van der Waals surface area contributed by atoms with Crippen LogP contribution in [0.15, 0.2) is 42.0 Å². The van der Waals surface area contributed by atoms with Gasteiger partial charge in [-0.25, -0.2) is 4.79 Å². The molecule has 0 N–H and O–H groups in total. The van der Waals surface area contributed by atoms with Gasteiger partial charge in [-0.3, -0.25) is 0 Å². The van der Waals surface area contributed by atoms with E-state index in [2.05, 4.69) is 24.3 Å². The minimum atomic E-state index is -0.417. The number of carbonyl (C=O) groups is 1. The van der Waals surface area contributed by atoms with Gasteiger partial charge in [-0.05, 0) is 58.9 Å². The Kier molecular flexibility index (Phi) is 6.50. The Morgan fingerprint density at radius 1 is 1.15 bits per heavy atom. The van der Waals surface area contributed by atoms with Crippen LogP contribution in [0.3, 0.4) is 0 Å². The van der Waals surface area contributed by atoms with E-state index in [4.69, 9.17) is 4.74 Å². The van der Waals surface area contributed by atoms with Crippen molar-refractivity contribution in [2.45, 2.75) is 59.0 Å². The molecule has 1 aromatic carbocycles. The minimum absolute atomic E-state index is 0.208. The molecular formula is C18H26O2. The molecule has 0 amide bonds. The zero-order chi connectivity index (χ0) is 15.0. The highest BCUT2D eigenvalue weighted by Gasteiger charge is 2.16. The van der Waals surface area contributed by atoms with Gasteiger partial charge in [0.15, 0.2) is 0 Å². The van der Waals surface area contributed by atoms with E-state index in [1.807, 2.05) is 39.8 Å². The molecule has 2 heteroatoms. The van der Waals surface area contributed by atoms with Crippen LogP contribution in [0.4, 0.5) is 0 Å². The van der Waals surface area contributed by atoms with E-state index >= 15 is 0 Å². The van der Waals surface area contributed by atoms with Crippen LogP contribution in [0.1, 0.15) is 52.5 Å². The predicted octanol–water partition coefficient (Wildman–Crippen LogP) is 4.69. The molecule has 0 aliphatic heterocycles. The summed E-state index contributed by atoms with van der Waals surface area (Å²) in [6.07, 6.45) is 6.24. The summed E-state index contributed by atoms with van der Waals surface area (Å²) in [7, 11) is 0. The van der Waals surface area contributed by atoms with E-state index in [-0.39, 0.29) is 5.97 Å². The highest BCUT2D eigenvalue weighted by atomic mass is 16.6. The number of carbonyl (C=O) groups excluding carboxylic acids is 1. The van der Waals surface area contributed by atoms with E-state index in [0.29, 0.717) is 5.57 Å². The molecule has 0 saturated heterocycles. The Labute approximate surface area is 122 Å². The van der Waals surface area contributed by atoms with Crippen molar-refractivity contribution in [3.63, 3.8) is 0 Å². The van der Waals surface area contributed by atoms with Crippen LogP contribution < -0.4 is 0 Å². The first-order valence-electron chi connectivity index (χ1n) is 7.32. The van der Waals surface area contributed by atoms with Crippen molar-refractivity contribution in [2.24, 2.45) is 0 Å². The molecule has 0 radical (unpaired) electrons. The predicted molar refractivity (Wildman–Crippen MR) is 83.6 cm³/mol. The summed E-state index contributed by atoms with van der Waals surface area (Å²) in [5.41, 5.74) is 1.67. The largest absolute Gasteiger partial charge is 0.457 e. The van der Waals surface area contributed by atoms with Crippen LogP contribution in [0.5, 0.6) is 0 Å². The zero-order valence-corrected chi connectivity index (χ0v) is 13.1. The van der Waals surface area contributed by atoms with Gasteiger partial charge in [0, 0.05) is 5.57 Å². The highest BCUT2D eigenvalue weighted by molar-refractivity contribution is 5.87. The molecule has 0 aliphatic carbocycles. The molecule has 0 saturated carbocycles. The van der Waals surface area contributed by atoms with E-state index in [9.17, 15) is 4.79 Å². The SMILES string of the molecule is C/C(=C/CCCCc1ccccc1)C(=O)OC(C)(C)C. The first kappa shape index (κ1) is 16.5. The number of esters is 1. The third kappa shape index (κ3) is 7.13. The maximum atomic E-state index is 11.8. The van der Waals surface area contributed by atoms with Crippen LogP contribution in [0.2, 0.25) is 0 Å². The summed E-state index contributed by atoms with van der Waals surface area (Å²) in [6.45, 7) is 7.49. The Morgan fingerprint density at radius 3 is 2.40 bits per heavy atom. The lowest BCUT2D eigenvalue weighted by atomic mass is 10.1. The third-order valence-electron chi connectivity index (χ3n) is 2.93. The van der Waals surface area contributed by atoms with Crippen LogP contribution in [-0.2, 0) is 16.0 Å². The van der Waals surface area contributed by atoms with E-state index < -0.39 is 5.60 Å². The van der Waals surface area contributed by atoms with Gasteiger partial charge in [0.25, 0.3) is 0 Å². The van der Waals surface area contributed by atoms with Crippen molar-refractivity contribution in [1.82, 2.24) is 0 Å². The van der Waals surface area contributed by atoms with Gasteiger partial charge >= 0.3 is 5.97 Å². The molecule has 0 atom stereocenters. The molecule has 2 nitrogen and oxygen atoms in total. The van der Waals surface area contributed by atoms with Gasteiger partial charge in [0.1, 0.15) is 5.60 Å². The van der Waals surface area contributed by atoms with E-state index in [0.717, 1.165) is 25.7 Å². The van der Waals surface area contributed by atoms with Gasteiger partial charge in [-0.15, -0.1) is 0 Å². The zero-order valence-electron chi connectivity index (χ0n) is 13.1. The molecule has 1 aromatic rings. The van der Waals surface area contributed by atoms with E-state index in [1.165, 1.54) is 5.56 Å². The maximum Gasteiger partial charge on any atom is 0.333 e. The van der Waals surface area contributed by atoms with Gasteiger partial charge in [-0.2, -0.15) is 0 Å². The van der Waals surface area contributed by atoms with Gasteiger partial charge in [0.05, 0.1) is 0 Å². The summed E-state index contributed by atoms with van der Waals surface area (Å²) in [4.78, 5) is 11.8. The Bertz CT molecular complexity index is 438. The molecule has 0 aliphatic rings. The van der Waals surface area contributed by atoms with Crippen LogP contribution in [0.25, 0.3) is 0 Å². The molecule has 0 bridgehead atoms. The van der Waals surface area contributed by atoms with Crippen molar-refractivity contribution in [3.8, 4) is 0 Å². The number of hydrogen-bond donors (Lipinski definition) is 0. The minimum Gasteiger partial charge on any atom is -0.457 e. The molecule has 0 aromatic heterocycles. The smallest absolute Gasteiger partial charge is 0.333 e. The first-order chi connectivity index (χ1) is 9.38. The molecular weight excluding hydrogens is 248 g/mol. The Hall–Kier alpha value is -1.57. The van der Waals surface area contributed by atoms with Gasteiger partial charge < -0.3 is 4.74 Å². The van der Waals surface area contributed by atoms with Crippen molar-refractivity contribution in [3.05, 3.63) is 47.5 Å². The monoisotopic (exact) mass is 274 g/mol. The number of benzene rings is 1. The van der Waals surface area contributed by atoms with Crippen molar-refractivity contribution < 1.29 is 9.53 Å². The third-order valence-corrected chi connectivity index (χ3v) is 2.93. The number of allylic oxidation sites excluding steroid dienone is 1. The standard InChI is InChI=1S/C18H26O2/c1-15(17(19)20-18(2,3)4)11-7-5-8-12-16-13-9-6-10-14-16/h6,9-11,13-14H,5,7-8,12H2,1-4H3/b15-11-. The molecule has 110 valence electrons. The lowest BCUT2D eigenvalue weighted by Gasteiger charge is -2.19. The second-order valence-corrected chi connectivity index (χ2v) is 6.12. The number of aryl methyl sites for hydroxylation is 1. The topological polar surface area (TPSA) is 26.3 Å². The van der Waals surface area contributed by atoms with Crippen molar-refractivity contribution in [2.75, 3.05) is 0 Å². The molecule has 1 rings (SSSR count). The molecule has 0 fully saturated rings. The fourth-order valence-corrected chi connectivity index (χ4v) is 1.88. The summed E-state index contributed by atoms with van der Waals surface area (Å²) in [5, 5.41) is 0. The molecule has 0 heterocycles. The molecule has 0 unspecified atom stereocenters. The van der Waals surface area contributed by atoms with Crippen molar-refractivity contribution in [1.29, 1.82) is 0 Å². The quantitative estimate of drug-likeness (QED) is 0.427. The van der Waals surface area contributed by atoms with Crippen LogP contribution in [0, 0.1) is 0 Å². The first-order valence-corrected chi connectivity index (χ1v) is 7.32. The average Bonchev–Trinajstić information content (AvgIpc) is 2.37. The van der Waals surface area contributed by atoms with Crippen molar-refractivity contribution >= 4 is 5.97 Å². The number of rotatable bonds is 6. The summed E-state index contributed by atoms with van der Waals surface area (Å²) < 4.78 is 5.32. The lowest BCUT2D eigenvalue weighted by Crippen LogP contribution is -2.24.